The number of amides is 1. The van der Waals surface area contributed by atoms with Crippen LogP contribution in [0.4, 0.5) is 5.69 Å². The highest BCUT2D eigenvalue weighted by atomic mass is 16.6. The normalized spacial score (nSPS) is 11.2. The van der Waals surface area contributed by atoms with Crippen LogP contribution in [0.1, 0.15) is 33.0 Å². The molecule has 8 heteroatoms. The molecule has 0 spiro atoms. The van der Waals surface area contributed by atoms with E-state index in [1.54, 1.807) is 24.4 Å². The monoisotopic (exact) mass is 517 g/mol. The van der Waals surface area contributed by atoms with E-state index >= 15 is 0 Å². The van der Waals surface area contributed by atoms with Gasteiger partial charge in [0.1, 0.15) is 0 Å². The number of aryl methyl sites for hydroxylation is 2. The number of rotatable bonds is 7. The van der Waals surface area contributed by atoms with E-state index in [1.807, 2.05) is 60.9 Å². The van der Waals surface area contributed by atoms with Crippen LogP contribution in [0.5, 0.6) is 0 Å². The van der Waals surface area contributed by atoms with E-state index in [4.69, 9.17) is 0 Å². The predicted octanol–water partition coefficient (Wildman–Crippen LogP) is 6.53. The predicted molar refractivity (Wildman–Crippen MR) is 153 cm³/mol. The maximum Gasteiger partial charge on any atom is 0.271 e. The molecule has 3 aromatic carbocycles. The first kappa shape index (κ1) is 25.4. The van der Waals surface area contributed by atoms with Crippen LogP contribution in [0.3, 0.4) is 0 Å². The molecule has 0 atom stereocenters. The van der Waals surface area contributed by atoms with E-state index in [-0.39, 0.29) is 11.6 Å². The van der Waals surface area contributed by atoms with Gasteiger partial charge < -0.3 is 9.13 Å². The summed E-state index contributed by atoms with van der Waals surface area (Å²) in [6, 6.07) is 30.1. The molecule has 5 rings (SSSR count). The molecule has 0 saturated heterocycles. The van der Waals surface area contributed by atoms with Gasteiger partial charge in [0.25, 0.3) is 11.6 Å². The molecule has 2 heterocycles. The fourth-order valence-corrected chi connectivity index (χ4v) is 4.76. The molecule has 0 fully saturated rings. The van der Waals surface area contributed by atoms with Crippen LogP contribution >= 0.6 is 0 Å². The molecule has 0 bridgehead atoms. The van der Waals surface area contributed by atoms with Crippen molar-refractivity contribution in [2.24, 2.45) is 5.10 Å². The van der Waals surface area contributed by atoms with Crippen molar-refractivity contribution in [2.75, 3.05) is 0 Å². The minimum Gasteiger partial charge on any atom is -0.318 e. The van der Waals surface area contributed by atoms with Gasteiger partial charge in [-0.15, -0.1) is 0 Å². The summed E-state index contributed by atoms with van der Waals surface area (Å²) in [6.45, 7) is 5.87. The number of nitrogens with one attached hydrogen (secondary N) is 1. The second-order valence-electron chi connectivity index (χ2n) is 9.25. The zero-order chi connectivity index (χ0) is 27.5. The van der Waals surface area contributed by atoms with Gasteiger partial charge >= 0.3 is 0 Å². The molecule has 39 heavy (non-hydrogen) atoms. The van der Waals surface area contributed by atoms with Gasteiger partial charge in [0.15, 0.2) is 0 Å². The van der Waals surface area contributed by atoms with Crippen molar-refractivity contribution in [3.05, 3.63) is 135 Å². The van der Waals surface area contributed by atoms with Crippen LogP contribution < -0.4 is 5.43 Å². The van der Waals surface area contributed by atoms with Crippen molar-refractivity contribution in [1.82, 2.24) is 14.6 Å². The van der Waals surface area contributed by atoms with Gasteiger partial charge in [-0.1, -0.05) is 36.4 Å². The fourth-order valence-electron chi connectivity index (χ4n) is 4.76. The van der Waals surface area contributed by atoms with Gasteiger partial charge in [0.2, 0.25) is 0 Å². The van der Waals surface area contributed by atoms with Gasteiger partial charge in [-0.25, -0.2) is 5.43 Å². The Labute approximate surface area is 226 Å². The number of carbonyl (C=O) groups is 1. The van der Waals surface area contributed by atoms with Crippen molar-refractivity contribution in [3.8, 4) is 22.6 Å². The van der Waals surface area contributed by atoms with Crippen molar-refractivity contribution >= 4 is 17.8 Å². The Balaban J connectivity index is 1.31. The largest absolute Gasteiger partial charge is 0.318 e. The number of benzene rings is 3. The summed E-state index contributed by atoms with van der Waals surface area (Å²) in [5.41, 5.74) is 10.6. The lowest BCUT2D eigenvalue weighted by molar-refractivity contribution is -0.384. The number of nitro groups is 1. The van der Waals surface area contributed by atoms with Crippen LogP contribution in [0.25, 0.3) is 22.6 Å². The highest BCUT2D eigenvalue weighted by Gasteiger charge is 2.14. The van der Waals surface area contributed by atoms with Crippen LogP contribution in [-0.2, 0) is 0 Å². The lowest BCUT2D eigenvalue weighted by Crippen LogP contribution is -2.17. The van der Waals surface area contributed by atoms with E-state index < -0.39 is 4.92 Å². The smallest absolute Gasteiger partial charge is 0.271 e. The van der Waals surface area contributed by atoms with Crippen LogP contribution in [0.2, 0.25) is 0 Å². The van der Waals surface area contributed by atoms with Crippen molar-refractivity contribution in [3.63, 3.8) is 0 Å². The van der Waals surface area contributed by atoms with Gasteiger partial charge in [-0.05, 0) is 74.9 Å². The standard InChI is InChI=1S/C31H27N5O3/c1-21-12-17-30(24-8-5-4-6-9-24)35(21)27-15-13-25(14-16-27)31(37)33-32-20-26-18-22(2)34(23(26)3)28-10-7-11-29(19-28)36(38)39/h4-20H,1-3H3,(H,33,37)/b32-20+. The third kappa shape index (κ3) is 5.13. The van der Waals surface area contributed by atoms with Gasteiger partial charge in [-0.3, -0.25) is 14.9 Å². The Morgan fingerprint density at radius 1 is 0.821 bits per heavy atom. The summed E-state index contributed by atoms with van der Waals surface area (Å²) in [7, 11) is 0. The number of carbonyl (C=O) groups excluding carboxylic acids is 1. The molecule has 0 radical (unpaired) electrons. The van der Waals surface area contributed by atoms with Gasteiger partial charge in [0.05, 0.1) is 22.5 Å². The van der Waals surface area contributed by atoms with Crippen LogP contribution in [0.15, 0.2) is 102 Å². The molecular formula is C31H27N5O3. The molecule has 0 unspecified atom stereocenters. The molecule has 2 aromatic heterocycles. The Kier molecular flexibility index (Phi) is 6.93. The topological polar surface area (TPSA) is 94.5 Å². The number of nitrogens with zero attached hydrogens (tertiary/aromatic N) is 4. The van der Waals surface area contributed by atoms with E-state index in [2.05, 4.69) is 46.3 Å². The Hall–Kier alpha value is -5.24. The zero-order valence-corrected chi connectivity index (χ0v) is 21.8. The molecule has 1 N–H and O–H groups in total. The molecule has 0 aliphatic carbocycles. The van der Waals surface area contributed by atoms with Crippen LogP contribution in [-0.4, -0.2) is 26.2 Å². The van der Waals surface area contributed by atoms with E-state index in [1.165, 1.54) is 12.1 Å². The number of hydrogen-bond donors (Lipinski definition) is 1. The lowest BCUT2D eigenvalue weighted by Gasteiger charge is -2.12. The van der Waals surface area contributed by atoms with Gasteiger partial charge in [-0.2, -0.15) is 5.10 Å². The molecule has 1 amide bonds. The maximum atomic E-state index is 12.8. The first-order valence-electron chi connectivity index (χ1n) is 12.4. The molecule has 0 aliphatic heterocycles. The first-order chi connectivity index (χ1) is 18.8. The Morgan fingerprint density at radius 2 is 1.56 bits per heavy atom. The Morgan fingerprint density at radius 3 is 2.28 bits per heavy atom. The third-order valence-corrected chi connectivity index (χ3v) is 6.67. The summed E-state index contributed by atoms with van der Waals surface area (Å²) >= 11 is 0. The third-order valence-electron chi connectivity index (χ3n) is 6.67. The quantitative estimate of drug-likeness (QED) is 0.151. The summed E-state index contributed by atoms with van der Waals surface area (Å²) in [5, 5.41) is 15.3. The second-order valence-corrected chi connectivity index (χ2v) is 9.25. The molecule has 0 aliphatic rings. The molecule has 5 aromatic rings. The van der Waals surface area contributed by atoms with E-state index in [0.29, 0.717) is 11.3 Å². The summed E-state index contributed by atoms with van der Waals surface area (Å²) < 4.78 is 4.08. The maximum absolute atomic E-state index is 12.8. The van der Waals surface area contributed by atoms with E-state index in [9.17, 15) is 14.9 Å². The van der Waals surface area contributed by atoms with Crippen LogP contribution in [0, 0.1) is 30.9 Å². The summed E-state index contributed by atoms with van der Waals surface area (Å²) in [5.74, 6) is -0.321. The van der Waals surface area contributed by atoms with E-state index in [0.717, 1.165) is 39.6 Å². The fraction of sp³-hybridized carbons (Fsp3) is 0.0968. The number of hydrogen-bond acceptors (Lipinski definition) is 4. The Bertz CT molecular complexity index is 1700. The number of aromatic nitrogens is 2. The molecule has 0 saturated carbocycles. The first-order valence-corrected chi connectivity index (χ1v) is 12.4. The van der Waals surface area contributed by atoms with Crippen molar-refractivity contribution in [1.29, 1.82) is 0 Å². The summed E-state index contributed by atoms with van der Waals surface area (Å²) in [4.78, 5) is 23.5. The highest BCUT2D eigenvalue weighted by molar-refractivity contribution is 5.95. The number of non-ortho nitro benzene ring substituents is 1. The second kappa shape index (κ2) is 10.6. The highest BCUT2D eigenvalue weighted by Crippen LogP contribution is 2.27. The van der Waals surface area contributed by atoms with Crippen molar-refractivity contribution in [2.45, 2.75) is 20.8 Å². The average Bonchev–Trinajstić information content (AvgIpc) is 3.47. The average molecular weight is 518 g/mol. The van der Waals surface area contributed by atoms with Crippen molar-refractivity contribution < 1.29 is 9.72 Å². The number of nitro benzene ring substituents is 1. The molecule has 194 valence electrons. The SMILES string of the molecule is Cc1ccc(-c2ccccc2)n1-c1ccc(C(=O)N/N=C/c2cc(C)n(-c3cccc([N+](=O)[O-])c3)c2C)cc1. The zero-order valence-electron chi connectivity index (χ0n) is 21.8. The molecule has 8 nitrogen and oxygen atoms in total. The van der Waals surface area contributed by atoms with Gasteiger partial charge in [0, 0.05) is 46.0 Å². The minimum atomic E-state index is -0.413. The minimum absolute atomic E-state index is 0.0247. The molecular weight excluding hydrogens is 490 g/mol. The number of hydrazone groups is 1. The summed E-state index contributed by atoms with van der Waals surface area (Å²) in [6.07, 6.45) is 1.58. The lowest BCUT2D eigenvalue weighted by atomic mass is 10.1.